The number of aldehydes is 1. The van der Waals surface area contributed by atoms with Gasteiger partial charge in [0, 0.05) is 12.4 Å². The van der Waals surface area contributed by atoms with Gasteiger partial charge in [-0.2, -0.15) is 13.2 Å². The summed E-state index contributed by atoms with van der Waals surface area (Å²) in [4.78, 5) is 78.7. The van der Waals surface area contributed by atoms with E-state index in [1.165, 1.54) is 18.3 Å². The second kappa shape index (κ2) is 19.8. The van der Waals surface area contributed by atoms with Gasteiger partial charge in [0.25, 0.3) is 5.91 Å². The molecule has 14 nitrogen and oxygen atoms in total. The monoisotopic (exact) mass is 791 g/mol. The van der Waals surface area contributed by atoms with Crippen molar-refractivity contribution >= 4 is 46.8 Å². The molecule has 56 heavy (non-hydrogen) atoms. The molecule has 18 heteroatoms. The molecule has 0 radical (unpaired) electrons. The van der Waals surface area contributed by atoms with Crippen molar-refractivity contribution in [3.05, 3.63) is 71.7 Å². The number of amides is 3. The van der Waals surface area contributed by atoms with E-state index in [1.54, 1.807) is 19.0 Å². The number of aliphatic carboxylic acids is 2. The zero-order chi connectivity index (χ0) is 41.8. The first-order valence-electron chi connectivity index (χ1n) is 17.6. The average molecular weight is 792 g/mol. The van der Waals surface area contributed by atoms with Gasteiger partial charge in [0.05, 0.1) is 41.8 Å². The molecule has 0 aliphatic heterocycles. The van der Waals surface area contributed by atoms with Gasteiger partial charge >= 0.3 is 18.1 Å². The first kappa shape index (κ1) is 44.7. The van der Waals surface area contributed by atoms with Crippen molar-refractivity contribution in [2.24, 2.45) is 5.92 Å². The Hall–Kier alpha value is -5.65. The van der Waals surface area contributed by atoms with Gasteiger partial charge in [-0.1, -0.05) is 44.2 Å². The van der Waals surface area contributed by atoms with Crippen molar-refractivity contribution < 1.29 is 61.3 Å². The van der Waals surface area contributed by atoms with Crippen molar-refractivity contribution in [1.29, 1.82) is 0 Å². The number of carbonyl (C=O) groups excluding carboxylic acids is 4. The molecule has 3 aromatic rings. The highest BCUT2D eigenvalue weighted by atomic mass is 19.4. The minimum Gasteiger partial charge on any atom is -0.489 e. The van der Waals surface area contributed by atoms with E-state index in [2.05, 4.69) is 20.9 Å². The molecule has 1 unspecified atom stereocenters. The van der Waals surface area contributed by atoms with Gasteiger partial charge in [-0.25, -0.2) is 9.18 Å². The van der Waals surface area contributed by atoms with Crippen molar-refractivity contribution in [1.82, 2.24) is 25.8 Å². The highest BCUT2D eigenvalue weighted by Gasteiger charge is 2.50. The van der Waals surface area contributed by atoms with Crippen LogP contribution in [0.2, 0.25) is 0 Å². The Morgan fingerprint density at radius 1 is 1.04 bits per heavy atom. The zero-order valence-electron chi connectivity index (χ0n) is 31.2. The molecule has 1 saturated carbocycles. The predicted molar refractivity (Wildman–Crippen MR) is 194 cm³/mol. The minimum absolute atomic E-state index is 0.0564. The molecular weight excluding hydrogens is 746 g/mol. The number of hydrogen-bond acceptors (Lipinski definition) is 9. The molecule has 4 rings (SSSR count). The average Bonchev–Trinajstić information content (AvgIpc) is 3.11. The first-order valence-corrected chi connectivity index (χ1v) is 17.6. The number of carbonyl (C=O) groups is 6. The summed E-state index contributed by atoms with van der Waals surface area (Å²) in [5.74, 6) is -5.83. The van der Waals surface area contributed by atoms with E-state index < -0.39 is 59.9 Å². The Kier molecular flexibility index (Phi) is 15.8. The van der Waals surface area contributed by atoms with E-state index in [1.807, 2.05) is 44.2 Å². The van der Waals surface area contributed by atoms with E-state index in [0.29, 0.717) is 32.0 Å². The van der Waals surface area contributed by atoms with Crippen LogP contribution in [-0.2, 0) is 30.4 Å². The van der Waals surface area contributed by atoms with Crippen LogP contribution in [0.25, 0.3) is 10.9 Å². The van der Waals surface area contributed by atoms with Crippen LogP contribution in [0.4, 0.5) is 17.6 Å². The molecule has 2 aromatic carbocycles. The number of rotatable bonds is 17. The van der Waals surface area contributed by atoms with Crippen LogP contribution >= 0.6 is 0 Å². The SMILES string of the molecule is CN[C@@H](CC(C)C)C(=O)N(C)C1(C(=O)N[C@@H](COc2cnc3ccc(F)cc3c2C(=O)NC(C=O)CC(=O)O)Cc2ccccc2)CCC1.O=C(O)C(F)(F)F. The lowest BCUT2D eigenvalue weighted by atomic mass is 9.74. The summed E-state index contributed by atoms with van der Waals surface area (Å²) in [6.07, 6.45) is -1.41. The predicted octanol–water partition coefficient (Wildman–Crippen LogP) is 3.90. The number of fused-ring (bicyclic) bond motifs is 1. The molecular formula is C38H45F4N5O9. The number of nitrogens with one attached hydrogen (secondary N) is 3. The van der Waals surface area contributed by atoms with E-state index in [-0.39, 0.29) is 46.6 Å². The Bertz CT molecular complexity index is 1870. The Morgan fingerprint density at radius 3 is 2.20 bits per heavy atom. The van der Waals surface area contributed by atoms with Crippen molar-refractivity contribution in [3.63, 3.8) is 0 Å². The molecule has 304 valence electrons. The quantitative estimate of drug-likeness (QED) is 0.0980. The summed E-state index contributed by atoms with van der Waals surface area (Å²) in [7, 11) is 3.39. The van der Waals surface area contributed by atoms with E-state index in [9.17, 15) is 41.5 Å². The third kappa shape index (κ3) is 11.9. The van der Waals surface area contributed by atoms with Gasteiger partial charge in [0.1, 0.15) is 24.2 Å². The molecule has 0 bridgehead atoms. The van der Waals surface area contributed by atoms with Crippen LogP contribution < -0.4 is 20.7 Å². The van der Waals surface area contributed by atoms with Crippen LogP contribution in [-0.4, -0.2) is 107 Å². The fourth-order valence-corrected chi connectivity index (χ4v) is 6.10. The largest absolute Gasteiger partial charge is 0.490 e. The molecule has 0 saturated heterocycles. The van der Waals surface area contributed by atoms with Crippen molar-refractivity contribution in [2.75, 3.05) is 20.7 Å². The fraction of sp³-hybridized carbons (Fsp3) is 0.447. The maximum absolute atomic E-state index is 14.4. The molecule has 1 aliphatic rings. The maximum atomic E-state index is 14.4. The number of nitrogens with zero attached hydrogens (tertiary/aromatic N) is 2. The van der Waals surface area contributed by atoms with Crippen molar-refractivity contribution in [3.8, 4) is 5.75 Å². The Labute approximate surface area is 320 Å². The number of halogens is 4. The summed E-state index contributed by atoms with van der Waals surface area (Å²) in [5.41, 5.74) is -0.0181. The first-order chi connectivity index (χ1) is 26.3. The summed E-state index contributed by atoms with van der Waals surface area (Å²) in [6.45, 7) is 3.92. The smallest absolute Gasteiger partial charge is 0.489 e. The zero-order valence-corrected chi connectivity index (χ0v) is 31.2. The molecule has 3 amide bonds. The van der Waals surface area contributed by atoms with Gasteiger partial charge in [-0.05, 0) is 68.8 Å². The molecule has 5 N–H and O–H groups in total. The summed E-state index contributed by atoms with van der Waals surface area (Å²) in [5, 5.41) is 24.9. The lowest BCUT2D eigenvalue weighted by Crippen LogP contribution is -2.66. The lowest BCUT2D eigenvalue weighted by Gasteiger charge is -2.48. The van der Waals surface area contributed by atoms with Gasteiger partial charge in [0.15, 0.2) is 5.75 Å². The normalized spacial score (nSPS) is 14.9. The van der Waals surface area contributed by atoms with E-state index in [4.69, 9.17) is 19.7 Å². The summed E-state index contributed by atoms with van der Waals surface area (Å²) in [6, 6.07) is 10.6. The molecule has 0 spiro atoms. The fourth-order valence-electron chi connectivity index (χ4n) is 6.10. The van der Waals surface area contributed by atoms with Crippen molar-refractivity contribution in [2.45, 2.75) is 82.2 Å². The Morgan fingerprint density at radius 2 is 1.68 bits per heavy atom. The topological polar surface area (TPSA) is 204 Å². The minimum atomic E-state index is -5.08. The lowest BCUT2D eigenvalue weighted by molar-refractivity contribution is -0.192. The Balaban J connectivity index is 0.00000109. The number of carboxylic acid groups (broad SMARTS) is 2. The third-order valence-corrected chi connectivity index (χ3v) is 9.17. The highest BCUT2D eigenvalue weighted by molar-refractivity contribution is 6.09. The number of alkyl halides is 3. The number of ether oxygens (including phenoxy) is 1. The standard InChI is InChI=1S/C36H44FN5O7.C2HF3O2/c1-22(2)15-29(38-3)34(47)42(4)36(13-8-14-36)35(48)41-26(16-23-9-6-5-7-10-23)21-49-30-19-39-28-12-11-24(37)17-27(28)32(30)33(46)40-25(20-43)18-31(44)45;3-2(4,5)1(6)7/h5-7,9-12,17,19-20,22,25-26,29,38H,8,13-16,18,21H2,1-4H3,(H,40,46)(H,41,48)(H,44,45);(H,6,7)/t25?,26-,29+;/m1./s1. The second-order valence-corrected chi connectivity index (χ2v) is 13.7. The van der Waals surface area contributed by atoms with Gasteiger partial charge in [0.2, 0.25) is 11.8 Å². The molecule has 3 atom stereocenters. The molecule has 1 fully saturated rings. The van der Waals surface area contributed by atoms with Crippen LogP contribution in [0.3, 0.4) is 0 Å². The van der Waals surface area contributed by atoms with E-state index in [0.717, 1.165) is 18.1 Å². The third-order valence-electron chi connectivity index (χ3n) is 9.17. The second-order valence-electron chi connectivity index (χ2n) is 13.7. The van der Waals surface area contributed by atoms with Crippen LogP contribution in [0.15, 0.2) is 54.7 Å². The summed E-state index contributed by atoms with van der Waals surface area (Å²) < 4.78 is 52.3. The number of hydrogen-bond donors (Lipinski definition) is 5. The molecule has 1 heterocycles. The highest BCUT2D eigenvalue weighted by Crippen LogP contribution is 2.38. The van der Waals surface area contributed by atoms with Gasteiger partial charge < -0.3 is 40.6 Å². The summed E-state index contributed by atoms with van der Waals surface area (Å²) >= 11 is 0. The van der Waals surface area contributed by atoms with E-state index >= 15 is 0 Å². The number of benzene rings is 2. The van der Waals surface area contributed by atoms with Gasteiger partial charge in [-0.15, -0.1) is 0 Å². The number of likely N-dealkylation sites (N-methyl/N-ethyl adjacent to an activating group) is 2. The van der Waals surface area contributed by atoms with Gasteiger partial charge in [-0.3, -0.25) is 24.2 Å². The van der Waals surface area contributed by atoms with Crippen LogP contribution in [0.5, 0.6) is 5.75 Å². The molecule has 1 aromatic heterocycles. The number of carboxylic acids is 2. The molecule has 1 aliphatic carbocycles. The van der Waals surface area contributed by atoms with Crippen LogP contribution in [0, 0.1) is 11.7 Å². The number of aromatic nitrogens is 1. The van der Waals surface area contributed by atoms with Crippen LogP contribution in [0.1, 0.15) is 61.9 Å². The maximum Gasteiger partial charge on any atom is 0.490 e. The number of pyridine rings is 1.